The first-order valence-corrected chi connectivity index (χ1v) is 9.77. The number of fused-ring (bicyclic) bond motifs is 1. The van der Waals surface area contributed by atoms with Gasteiger partial charge in [-0.25, -0.2) is 8.78 Å². The van der Waals surface area contributed by atoms with E-state index in [1.54, 1.807) is 9.58 Å². The van der Waals surface area contributed by atoms with Gasteiger partial charge in [0.1, 0.15) is 11.6 Å². The molecule has 2 aromatic carbocycles. The van der Waals surface area contributed by atoms with Crippen molar-refractivity contribution in [3.05, 3.63) is 94.9 Å². The zero-order valence-corrected chi connectivity index (χ0v) is 16.6. The Morgan fingerprint density at radius 3 is 2.65 bits per heavy atom. The summed E-state index contributed by atoms with van der Waals surface area (Å²) in [6.07, 6.45) is 3.75. The lowest BCUT2D eigenvalue weighted by Crippen LogP contribution is -2.38. The number of benzene rings is 2. The molecule has 0 N–H and O–H groups in total. The van der Waals surface area contributed by atoms with Gasteiger partial charge in [0, 0.05) is 49.9 Å². The van der Waals surface area contributed by atoms with Gasteiger partial charge in [0.05, 0.1) is 6.20 Å². The van der Waals surface area contributed by atoms with Crippen LogP contribution in [-0.2, 0) is 13.6 Å². The third kappa shape index (κ3) is 3.61. The third-order valence-corrected chi connectivity index (χ3v) is 5.49. The fourth-order valence-corrected chi connectivity index (χ4v) is 4.04. The van der Waals surface area contributed by atoms with E-state index in [0.29, 0.717) is 13.1 Å². The topological polar surface area (TPSA) is 64.2 Å². The number of nitrogens with zero attached hydrogens (tertiary/aromatic N) is 4. The number of hydrogen-bond acceptors (Lipinski definition) is 4. The van der Waals surface area contributed by atoms with Gasteiger partial charge in [0.15, 0.2) is 11.5 Å². The van der Waals surface area contributed by atoms with E-state index in [-0.39, 0.29) is 28.8 Å². The average Bonchev–Trinajstić information content (AvgIpc) is 3.41. The van der Waals surface area contributed by atoms with E-state index in [9.17, 15) is 13.6 Å². The molecule has 0 bridgehead atoms. The van der Waals surface area contributed by atoms with Crippen LogP contribution < -0.4 is 0 Å². The van der Waals surface area contributed by atoms with Crippen molar-refractivity contribution in [3.8, 4) is 11.3 Å². The van der Waals surface area contributed by atoms with Crippen LogP contribution in [0, 0.1) is 11.6 Å². The highest BCUT2D eigenvalue weighted by atomic mass is 19.1. The van der Waals surface area contributed by atoms with Crippen LogP contribution in [0.25, 0.3) is 11.3 Å². The van der Waals surface area contributed by atoms with Gasteiger partial charge in [-0.05, 0) is 28.8 Å². The molecule has 0 aliphatic carbocycles. The molecule has 1 aliphatic rings. The van der Waals surface area contributed by atoms with Gasteiger partial charge < -0.3 is 9.42 Å². The van der Waals surface area contributed by atoms with Crippen LogP contribution in [0.2, 0.25) is 0 Å². The van der Waals surface area contributed by atoms with E-state index < -0.39 is 11.6 Å². The lowest BCUT2D eigenvalue weighted by atomic mass is 9.86. The summed E-state index contributed by atoms with van der Waals surface area (Å²) in [6, 6.07) is 12.5. The van der Waals surface area contributed by atoms with E-state index in [1.165, 1.54) is 6.07 Å². The zero-order valence-electron chi connectivity index (χ0n) is 16.6. The number of aryl methyl sites for hydroxylation is 1. The number of amides is 1. The molecule has 6 nitrogen and oxygen atoms in total. The van der Waals surface area contributed by atoms with Crippen molar-refractivity contribution in [2.24, 2.45) is 7.05 Å². The molecule has 1 amide bonds. The second-order valence-electron chi connectivity index (χ2n) is 7.62. The molecule has 4 aromatic rings. The van der Waals surface area contributed by atoms with E-state index in [4.69, 9.17) is 4.52 Å². The largest absolute Gasteiger partial charge is 0.355 e. The van der Waals surface area contributed by atoms with Crippen LogP contribution in [-0.4, -0.2) is 32.3 Å². The summed E-state index contributed by atoms with van der Waals surface area (Å²) in [5.41, 5.74) is 3.50. The van der Waals surface area contributed by atoms with Crippen molar-refractivity contribution in [1.29, 1.82) is 0 Å². The number of aromatic nitrogens is 3. The number of rotatable bonds is 3. The zero-order chi connectivity index (χ0) is 21.5. The Morgan fingerprint density at radius 1 is 1.13 bits per heavy atom. The molecule has 156 valence electrons. The summed E-state index contributed by atoms with van der Waals surface area (Å²) in [5.74, 6) is -1.66. The molecule has 1 aliphatic heterocycles. The van der Waals surface area contributed by atoms with Crippen LogP contribution in [0.3, 0.4) is 0 Å². The van der Waals surface area contributed by atoms with E-state index >= 15 is 0 Å². The number of carbonyl (C=O) groups excluding carboxylic acids is 1. The second-order valence-corrected chi connectivity index (χ2v) is 7.62. The Kier molecular flexibility index (Phi) is 4.62. The predicted molar refractivity (Wildman–Crippen MR) is 108 cm³/mol. The predicted octanol–water partition coefficient (Wildman–Crippen LogP) is 4.14. The van der Waals surface area contributed by atoms with Crippen LogP contribution in [0.4, 0.5) is 8.78 Å². The minimum Gasteiger partial charge on any atom is -0.355 e. The lowest BCUT2D eigenvalue weighted by Gasteiger charge is -2.34. The van der Waals surface area contributed by atoms with Gasteiger partial charge in [-0.1, -0.05) is 29.4 Å². The number of hydrogen-bond donors (Lipinski definition) is 0. The molecule has 0 saturated carbocycles. The fourth-order valence-electron chi connectivity index (χ4n) is 4.04. The smallest absolute Gasteiger partial charge is 0.276 e. The molecular weight excluding hydrogens is 402 g/mol. The van der Waals surface area contributed by atoms with Crippen molar-refractivity contribution >= 4 is 5.91 Å². The Hall–Kier alpha value is -3.81. The SMILES string of the molecule is Cn1cc(C2CN(C(=O)c3cc(-c4cc(F)cc(F)c4)on3)Cc3ccccc32)cn1. The molecule has 3 heterocycles. The van der Waals surface area contributed by atoms with Crippen molar-refractivity contribution < 1.29 is 18.1 Å². The second kappa shape index (κ2) is 7.46. The summed E-state index contributed by atoms with van der Waals surface area (Å²) in [7, 11) is 1.85. The maximum absolute atomic E-state index is 13.5. The van der Waals surface area contributed by atoms with Gasteiger partial charge in [-0.15, -0.1) is 0 Å². The maximum Gasteiger partial charge on any atom is 0.276 e. The van der Waals surface area contributed by atoms with Crippen molar-refractivity contribution in [1.82, 2.24) is 19.8 Å². The Morgan fingerprint density at radius 2 is 1.90 bits per heavy atom. The summed E-state index contributed by atoms with van der Waals surface area (Å²) >= 11 is 0. The summed E-state index contributed by atoms with van der Waals surface area (Å²) < 4.78 is 34.0. The normalized spacial score (nSPS) is 15.7. The lowest BCUT2D eigenvalue weighted by molar-refractivity contribution is 0.0714. The Bertz CT molecular complexity index is 1260. The van der Waals surface area contributed by atoms with Crippen LogP contribution in [0.5, 0.6) is 0 Å². The highest BCUT2D eigenvalue weighted by Crippen LogP contribution is 2.34. The number of carbonyl (C=O) groups is 1. The molecule has 5 rings (SSSR count). The Labute approximate surface area is 176 Å². The summed E-state index contributed by atoms with van der Waals surface area (Å²) in [5, 5.41) is 8.13. The quantitative estimate of drug-likeness (QED) is 0.500. The third-order valence-electron chi connectivity index (χ3n) is 5.49. The number of halogens is 2. The first-order valence-electron chi connectivity index (χ1n) is 9.77. The van der Waals surface area contributed by atoms with Crippen LogP contribution in [0.1, 0.15) is 33.1 Å². The molecule has 0 radical (unpaired) electrons. The molecule has 31 heavy (non-hydrogen) atoms. The Balaban J connectivity index is 1.45. The highest BCUT2D eigenvalue weighted by Gasteiger charge is 2.31. The molecule has 8 heteroatoms. The minimum absolute atomic E-state index is 0.0220. The summed E-state index contributed by atoms with van der Waals surface area (Å²) in [6.45, 7) is 0.890. The first kappa shape index (κ1) is 19.2. The van der Waals surface area contributed by atoms with E-state index in [1.807, 2.05) is 37.6 Å². The standard InChI is InChI=1S/C23H18F2N4O2/c1-28-11-16(10-26-28)20-13-29(12-14-4-2-3-5-19(14)20)23(30)21-9-22(31-27-21)15-6-17(24)8-18(25)7-15/h2-11,20H,12-13H2,1H3. The van der Waals surface area contributed by atoms with E-state index in [0.717, 1.165) is 34.9 Å². The summed E-state index contributed by atoms with van der Waals surface area (Å²) in [4.78, 5) is 14.9. The van der Waals surface area contributed by atoms with Gasteiger partial charge in [0.2, 0.25) is 0 Å². The van der Waals surface area contributed by atoms with Gasteiger partial charge in [-0.2, -0.15) is 5.10 Å². The maximum atomic E-state index is 13.5. The van der Waals surface area contributed by atoms with Crippen LogP contribution >= 0.6 is 0 Å². The first-order chi connectivity index (χ1) is 15.0. The van der Waals surface area contributed by atoms with Crippen LogP contribution in [0.15, 0.2) is 65.4 Å². The van der Waals surface area contributed by atoms with Crippen molar-refractivity contribution in [3.63, 3.8) is 0 Å². The van der Waals surface area contributed by atoms with Gasteiger partial charge in [-0.3, -0.25) is 9.48 Å². The fraction of sp³-hybridized carbons (Fsp3) is 0.174. The van der Waals surface area contributed by atoms with Crippen molar-refractivity contribution in [2.45, 2.75) is 12.5 Å². The highest BCUT2D eigenvalue weighted by molar-refractivity contribution is 5.93. The average molecular weight is 420 g/mol. The van der Waals surface area contributed by atoms with Gasteiger partial charge >= 0.3 is 0 Å². The monoisotopic (exact) mass is 420 g/mol. The molecule has 1 unspecified atom stereocenters. The molecule has 2 aromatic heterocycles. The minimum atomic E-state index is -0.730. The molecular formula is C23H18F2N4O2. The molecule has 0 fully saturated rings. The van der Waals surface area contributed by atoms with E-state index in [2.05, 4.69) is 16.3 Å². The van der Waals surface area contributed by atoms with Crippen molar-refractivity contribution in [2.75, 3.05) is 6.54 Å². The molecule has 0 spiro atoms. The van der Waals surface area contributed by atoms with Gasteiger partial charge in [0.25, 0.3) is 5.91 Å². The molecule has 1 atom stereocenters. The molecule has 0 saturated heterocycles.